The van der Waals surface area contributed by atoms with Gasteiger partial charge in [-0.25, -0.2) is 4.79 Å². The van der Waals surface area contributed by atoms with Crippen LogP contribution in [0.5, 0.6) is 0 Å². The Morgan fingerprint density at radius 1 is 1.36 bits per heavy atom. The average Bonchev–Trinajstić information content (AvgIpc) is 3.05. The number of nitrogens with zero attached hydrogens (tertiary/aromatic N) is 2. The number of fused-ring (bicyclic) bond motifs is 1. The first-order valence-electron chi connectivity index (χ1n) is 6.79. The lowest BCUT2D eigenvalue weighted by Gasteiger charge is -2.03. The third-order valence-electron chi connectivity index (χ3n) is 3.17. The van der Waals surface area contributed by atoms with Gasteiger partial charge in [0, 0.05) is 12.6 Å². The first-order valence-corrected chi connectivity index (χ1v) is 6.79. The fourth-order valence-corrected chi connectivity index (χ4v) is 2.14. The van der Waals surface area contributed by atoms with E-state index in [2.05, 4.69) is 5.16 Å². The van der Waals surface area contributed by atoms with E-state index in [1.54, 1.807) is 37.3 Å². The van der Waals surface area contributed by atoms with Crippen molar-refractivity contribution in [1.82, 2.24) is 9.72 Å². The summed E-state index contributed by atoms with van der Waals surface area (Å²) >= 11 is 0. The van der Waals surface area contributed by atoms with Crippen molar-refractivity contribution >= 4 is 17.1 Å². The molecule has 114 valence electrons. The molecule has 1 aromatic carbocycles. The lowest BCUT2D eigenvalue weighted by atomic mass is 10.3. The van der Waals surface area contributed by atoms with Gasteiger partial charge < -0.3 is 13.7 Å². The monoisotopic (exact) mass is 302 g/mol. The SMILES string of the molecule is Cc1cc(COC(=O)CCn2c(=O)oc3ccccc32)on1. The number of hydrogen-bond donors (Lipinski definition) is 0. The fourth-order valence-electron chi connectivity index (χ4n) is 2.14. The Morgan fingerprint density at radius 3 is 2.95 bits per heavy atom. The van der Waals surface area contributed by atoms with Crippen molar-refractivity contribution in [3.63, 3.8) is 0 Å². The number of benzene rings is 1. The van der Waals surface area contributed by atoms with E-state index in [-0.39, 0.29) is 19.6 Å². The zero-order valence-electron chi connectivity index (χ0n) is 11.9. The second-order valence-corrected chi connectivity index (χ2v) is 4.83. The summed E-state index contributed by atoms with van der Waals surface area (Å²) in [5, 5.41) is 3.70. The lowest BCUT2D eigenvalue weighted by molar-refractivity contribution is -0.145. The van der Waals surface area contributed by atoms with Crippen LogP contribution < -0.4 is 5.76 Å². The highest BCUT2D eigenvalue weighted by Gasteiger charge is 2.11. The van der Waals surface area contributed by atoms with E-state index >= 15 is 0 Å². The normalized spacial score (nSPS) is 11.0. The van der Waals surface area contributed by atoms with E-state index in [4.69, 9.17) is 13.7 Å². The maximum atomic E-state index is 11.8. The smallest absolute Gasteiger partial charge is 0.419 e. The fraction of sp³-hybridized carbons (Fsp3) is 0.267. The molecular formula is C15H14N2O5. The molecule has 0 aliphatic heterocycles. The van der Waals surface area contributed by atoms with Gasteiger partial charge in [0.15, 0.2) is 18.0 Å². The summed E-state index contributed by atoms with van der Waals surface area (Å²) in [6, 6.07) is 8.75. The van der Waals surface area contributed by atoms with Gasteiger partial charge in [0.1, 0.15) is 0 Å². The highest BCUT2D eigenvalue weighted by molar-refractivity contribution is 5.73. The first-order chi connectivity index (χ1) is 10.6. The van der Waals surface area contributed by atoms with Crippen LogP contribution in [-0.4, -0.2) is 15.7 Å². The van der Waals surface area contributed by atoms with Gasteiger partial charge in [0.25, 0.3) is 0 Å². The van der Waals surface area contributed by atoms with Gasteiger partial charge in [0.05, 0.1) is 17.6 Å². The Morgan fingerprint density at radius 2 is 2.18 bits per heavy atom. The molecule has 0 spiro atoms. The maximum absolute atomic E-state index is 11.8. The molecule has 0 atom stereocenters. The Bertz CT molecular complexity index is 858. The van der Waals surface area contributed by atoms with Crippen molar-refractivity contribution in [2.24, 2.45) is 0 Å². The molecular weight excluding hydrogens is 288 g/mol. The molecule has 22 heavy (non-hydrogen) atoms. The summed E-state index contributed by atoms with van der Waals surface area (Å²) in [6.45, 7) is 2.01. The van der Waals surface area contributed by atoms with Crippen LogP contribution in [0.1, 0.15) is 17.9 Å². The van der Waals surface area contributed by atoms with E-state index in [1.807, 2.05) is 0 Å². The van der Waals surface area contributed by atoms with Crippen LogP contribution in [0.3, 0.4) is 0 Å². The van der Waals surface area contributed by atoms with Crippen LogP contribution in [-0.2, 0) is 22.7 Å². The standard InChI is InChI=1S/C15H14N2O5/c1-10-8-11(22-16-10)9-20-14(18)6-7-17-12-4-2-3-5-13(12)21-15(17)19/h2-5,8H,6-7,9H2,1H3. The van der Waals surface area contributed by atoms with Crippen LogP contribution in [0, 0.1) is 6.92 Å². The highest BCUT2D eigenvalue weighted by atomic mass is 16.5. The van der Waals surface area contributed by atoms with Crippen molar-refractivity contribution in [2.75, 3.05) is 0 Å². The predicted molar refractivity (Wildman–Crippen MR) is 76.1 cm³/mol. The van der Waals surface area contributed by atoms with E-state index in [0.29, 0.717) is 16.9 Å². The number of oxazole rings is 1. The quantitative estimate of drug-likeness (QED) is 0.670. The zero-order valence-corrected chi connectivity index (χ0v) is 11.9. The first kappa shape index (κ1) is 14.1. The van der Waals surface area contributed by atoms with Gasteiger partial charge in [-0.05, 0) is 19.1 Å². The number of aryl methyl sites for hydroxylation is 2. The molecule has 0 fully saturated rings. The van der Waals surface area contributed by atoms with Crippen LogP contribution >= 0.6 is 0 Å². The molecule has 0 N–H and O–H groups in total. The van der Waals surface area contributed by atoms with E-state index in [1.165, 1.54) is 4.57 Å². The van der Waals surface area contributed by atoms with Gasteiger partial charge in [-0.15, -0.1) is 0 Å². The Hall–Kier alpha value is -2.83. The molecule has 3 rings (SSSR count). The molecule has 0 unspecified atom stereocenters. The van der Waals surface area contributed by atoms with Gasteiger partial charge in [-0.2, -0.15) is 0 Å². The third kappa shape index (κ3) is 2.93. The van der Waals surface area contributed by atoms with E-state index in [0.717, 1.165) is 5.69 Å². The molecule has 0 amide bonds. The molecule has 2 heterocycles. The van der Waals surface area contributed by atoms with Crippen molar-refractivity contribution in [3.8, 4) is 0 Å². The van der Waals surface area contributed by atoms with E-state index in [9.17, 15) is 9.59 Å². The number of esters is 1. The Labute approximate surface area is 125 Å². The van der Waals surface area contributed by atoms with Crippen LogP contribution in [0.4, 0.5) is 0 Å². The third-order valence-corrected chi connectivity index (χ3v) is 3.17. The number of carbonyl (C=O) groups is 1. The van der Waals surface area contributed by atoms with Crippen molar-refractivity contribution < 1.29 is 18.5 Å². The maximum Gasteiger partial charge on any atom is 0.419 e. The van der Waals surface area contributed by atoms with E-state index < -0.39 is 11.7 Å². The van der Waals surface area contributed by atoms with Crippen LogP contribution in [0.25, 0.3) is 11.1 Å². The highest BCUT2D eigenvalue weighted by Crippen LogP contribution is 2.12. The summed E-state index contributed by atoms with van der Waals surface area (Å²) in [5.41, 5.74) is 1.88. The van der Waals surface area contributed by atoms with Gasteiger partial charge >= 0.3 is 11.7 Å². The van der Waals surface area contributed by atoms with Crippen molar-refractivity contribution in [3.05, 3.63) is 52.3 Å². The summed E-state index contributed by atoms with van der Waals surface area (Å²) in [7, 11) is 0. The summed E-state index contributed by atoms with van der Waals surface area (Å²) < 4.78 is 16.5. The van der Waals surface area contributed by atoms with Crippen LogP contribution in [0.15, 0.2) is 44.1 Å². The zero-order chi connectivity index (χ0) is 15.5. The minimum atomic E-state index is -0.486. The molecule has 7 heteroatoms. The second kappa shape index (κ2) is 5.88. The number of para-hydroxylation sites is 2. The second-order valence-electron chi connectivity index (χ2n) is 4.83. The van der Waals surface area contributed by atoms with Gasteiger partial charge in [-0.1, -0.05) is 17.3 Å². The molecule has 0 aliphatic rings. The van der Waals surface area contributed by atoms with Crippen molar-refractivity contribution in [1.29, 1.82) is 0 Å². The minimum absolute atomic E-state index is 0.0285. The number of hydrogen-bond acceptors (Lipinski definition) is 6. The van der Waals surface area contributed by atoms with Gasteiger partial charge in [-0.3, -0.25) is 9.36 Å². The topological polar surface area (TPSA) is 87.5 Å². The molecule has 0 radical (unpaired) electrons. The number of rotatable bonds is 5. The molecule has 0 saturated carbocycles. The molecule has 2 aromatic heterocycles. The number of ether oxygens (including phenoxy) is 1. The molecule has 0 aliphatic carbocycles. The lowest BCUT2D eigenvalue weighted by Crippen LogP contribution is -2.17. The molecule has 0 bridgehead atoms. The van der Waals surface area contributed by atoms with Crippen LogP contribution in [0.2, 0.25) is 0 Å². The Balaban J connectivity index is 1.60. The number of carbonyl (C=O) groups excluding carboxylic acids is 1. The number of aromatic nitrogens is 2. The minimum Gasteiger partial charge on any atom is -0.457 e. The largest absolute Gasteiger partial charge is 0.457 e. The van der Waals surface area contributed by atoms with Crippen molar-refractivity contribution in [2.45, 2.75) is 26.5 Å². The summed E-state index contributed by atoms with van der Waals surface area (Å²) in [4.78, 5) is 23.5. The van der Waals surface area contributed by atoms with Gasteiger partial charge in [0.2, 0.25) is 0 Å². The predicted octanol–water partition coefficient (Wildman–Crippen LogP) is 2.02. The average molecular weight is 302 g/mol. The summed E-state index contributed by atoms with van der Waals surface area (Å²) in [5.74, 6) is -0.428. The molecule has 3 aromatic rings. The Kier molecular flexibility index (Phi) is 3.78. The molecule has 7 nitrogen and oxygen atoms in total. The molecule has 0 saturated heterocycles. The summed E-state index contributed by atoms with van der Waals surface area (Å²) in [6.07, 6.45) is 0.0660.